The Morgan fingerprint density at radius 2 is 2.10 bits per heavy atom. The van der Waals surface area contributed by atoms with Gasteiger partial charge in [-0.3, -0.25) is 0 Å². The van der Waals surface area contributed by atoms with Crippen molar-refractivity contribution in [3.63, 3.8) is 0 Å². The summed E-state index contributed by atoms with van der Waals surface area (Å²) in [5.74, 6) is 0.118. The average molecular weight is 297 g/mol. The number of ether oxygens (including phenoxy) is 2. The van der Waals surface area contributed by atoms with E-state index in [9.17, 15) is 4.79 Å². The number of aromatic nitrogens is 3. The SMILES string of the molecule is CCCCC(CC)Cn1nnc(C(=O)OC)c1CCOC. The first-order chi connectivity index (χ1) is 10.2. The van der Waals surface area contributed by atoms with Crippen LogP contribution in [0, 0.1) is 5.92 Å². The minimum Gasteiger partial charge on any atom is -0.464 e. The standard InChI is InChI=1S/C15H27N3O3/c1-5-7-8-12(6-2)11-18-13(9-10-20-3)14(16-17-18)15(19)21-4/h12H,5-11H2,1-4H3. The zero-order valence-electron chi connectivity index (χ0n) is 13.6. The summed E-state index contributed by atoms with van der Waals surface area (Å²) in [5, 5.41) is 8.13. The highest BCUT2D eigenvalue weighted by Gasteiger charge is 2.21. The Morgan fingerprint density at radius 3 is 2.67 bits per heavy atom. The van der Waals surface area contributed by atoms with Crippen LogP contribution in [0.15, 0.2) is 0 Å². The average Bonchev–Trinajstić information content (AvgIpc) is 2.90. The lowest BCUT2D eigenvalue weighted by Gasteiger charge is -2.16. The molecule has 0 saturated carbocycles. The molecule has 1 atom stereocenters. The predicted octanol–water partition coefficient (Wildman–Crippen LogP) is 2.47. The zero-order chi connectivity index (χ0) is 15.7. The molecule has 120 valence electrons. The third-order valence-electron chi connectivity index (χ3n) is 3.73. The molecule has 0 bridgehead atoms. The van der Waals surface area contributed by atoms with Crippen molar-refractivity contribution in [1.29, 1.82) is 0 Å². The van der Waals surface area contributed by atoms with Crippen LogP contribution in [0.1, 0.15) is 55.7 Å². The fraction of sp³-hybridized carbons (Fsp3) is 0.800. The van der Waals surface area contributed by atoms with Crippen LogP contribution in [0.2, 0.25) is 0 Å². The molecule has 1 rings (SSSR count). The van der Waals surface area contributed by atoms with Crippen LogP contribution in [-0.4, -0.2) is 41.8 Å². The summed E-state index contributed by atoms with van der Waals surface area (Å²) in [6, 6.07) is 0. The van der Waals surface area contributed by atoms with Gasteiger partial charge in [0.25, 0.3) is 0 Å². The van der Waals surface area contributed by atoms with Gasteiger partial charge in [-0.1, -0.05) is 38.3 Å². The van der Waals surface area contributed by atoms with E-state index < -0.39 is 5.97 Å². The molecule has 0 saturated heterocycles. The lowest BCUT2D eigenvalue weighted by atomic mass is 9.99. The van der Waals surface area contributed by atoms with Crippen molar-refractivity contribution in [2.45, 2.75) is 52.5 Å². The fourth-order valence-corrected chi connectivity index (χ4v) is 2.34. The smallest absolute Gasteiger partial charge is 0.360 e. The molecule has 0 aliphatic carbocycles. The van der Waals surface area contributed by atoms with E-state index in [-0.39, 0.29) is 0 Å². The van der Waals surface area contributed by atoms with Gasteiger partial charge in [-0.2, -0.15) is 0 Å². The highest BCUT2D eigenvalue weighted by molar-refractivity contribution is 5.88. The number of hydrogen-bond donors (Lipinski definition) is 0. The van der Waals surface area contributed by atoms with Crippen molar-refractivity contribution < 1.29 is 14.3 Å². The third kappa shape index (κ3) is 5.12. The minimum atomic E-state index is -0.436. The van der Waals surface area contributed by atoms with Crippen LogP contribution in [0.5, 0.6) is 0 Å². The summed E-state index contributed by atoms with van der Waals surface area (Å²) in [6.07, 6.45) is 5.28. The Labute approximate surface area is 126 Å². The van der Waals surface area contributed by atoms with Crippen LogP contribution < -0.4 is 0 Å². The van der Waals surface area contributed by atoms with Gasteiger partial charge in [0.15, 0.2) is 5.69 Å². The van der Waals surface area contributed by atoms with Crippen molar-refractivity contribution in [3.05, 3.63) is 11.4 Å². The lowest BCUT2D eigenvalue weighted by Crippen LogP contribution is -2.16. The quantitative estimate of drug-likeness (QED) is 0.621. The minimum absolute atomic E-state index is 0.305. The second-order valence-corrected chi connectivity index (χ2v) is 5.22. The summed E-state index contributed by atoms with van der Waals surface area (Å²) in [7, 11) is 3.00. The zero-order valence-corrected chi connectivity index (χ0v) is 13.6. The van der Waals surface area contributed by atoms with Crippen LogP contribution in [0.25, 0.3) is 0 Å². The van der Waals surface area contributed by atoms with E-state index in [0.717, 1.165) is 18.7 Å². The lowest BCUT2D eigenvalue weighted by molar-refractivity contribution is 0.0592. The molecule has 0 fully saturated rings. The van der Waals surface area contributed by atoms with Crippen LogP contribution in [0.4, 0.5) is 0 Å². The van der Waals surface area contributed by atoms with Gasteiger partial charge >= 0.3 is 5.97 Å². The first-order valence-corrected chi connectivity index (χ1v) is 7.67. The van der Waals surface area contributed by atoms with Gasteiger partial charge < -0.3 is 9.47 Å². The Hall–Kier alpha value is -1.43. The molecular weight excluding hydrogens is 270 g/mol. The maximum absolute atomic E-state index is 11.8. The summed E-state index contributed by atoms with van der Waals surface area (Å²) in [5.41, 5.74) is 1.11. The number of carbonyl (C=O) groups excluding carboxylic acids is 1. The number of rotatable bonds is 10. The van der Waals surface area contributed by atoms with E-state index in [2.05, 4.69) is 24.2 Å². The number of nitrogens with zero attached hydrogens (tertiary/aromatic N) is 3. The molecule has 1 aromatic heterocycles. The van der Waals surface area contributed by atoms with E-state index in [1.807, 2.05) is 4.68 Å². The van der Waals surface area contributed by atoms with Crippen molar-refractivity contribution in [1.82, 2.24) is 15.0 Å². The molecule has 21 heavy (non-hydrogen) atoms. The normalized spacial score (nSPS) is 12.4. The van der Waals surface area contributed by atoms with Crippen molar-refractivity contribution >= 4 is 5.97 Å². The Balaban J connectivity index is 2.88. The maximum Gasteiger partial charge on any atom is 0.360 e. The van der Waals surface area contributed by atoms with E-state index in [4.69, 9.17) is 9.47 Å². The molecule has 1 heterocycles. The van der Waals surface area contributed by atoms with E-state index in [1.165, 1.54) is 26.4 Å². The highest BCUT2D eigenvalue weighted by Crippen LogP contribution is 2.17. The van der Waals surface area contributed by atoms with Crippen LogP contribution in [-0.2, 0) is 22.4 Å². The second kappa shape index (κ2) is 9.50. The molecule has 0 N–H and O–H groups in total. The van der Waals surface area contributed by atoms with Gasteiger partial charge in [0.05, 0.1) is 19.4 Å². The monoisotopic (exact) mass is 297 g/mol. The molecule has 6 nitrogen and oxygen atoms in total. The van der Waals surface area contributed by atoms with Gasteiger partial charge in [0.1, 0.15) is 0 Å². The molecule has 0 aliphatic rings. The molecule has 1 aromatic rings. The molecule has 0 amide bonds. The summed E-state index contributed by atoms with van der Waals surface area (Å²) >= 11 is 0. The Morgan fingerprint density at radius 1 is 1.33 bits per heavy atom. The van der Waals surface area contributed by atoms with Crippen LogP contribution >= 0.6 is 0 Å². The number of hydrogen-bond acceptors (Lipinski definition) is 5. The Bertz CT molecular complexity index is 432. The number of carbonyl (C=O) groups is 1. The van der Waals surface area contributed by atoms with Crippen molar-refractivity contribution in [3.8, 4) is 0 Å². The Kier molecular flexibility index (Phi) is 7.97. The molecule has 0 aromatic carbocycles. The topological polar surface area (TPSA) is 66.2 Å². The molecule has 0 aliphatic heterocycles. The van der Waals surface area contributed by atoms with Gasteiger partial charge in [0.2, 0.25) is 0 Å². The van der Waals surface area contributed by atoms with Crippen LogP contribution in [0.3, 0.4) is 0 Å². The third-order valence-corrected chi connectivity index (χ3v) is 3.73. The highest BCUT2D eigenvalue weighted by atomic mass is 16.5. The first kappa shape index (κ1) is 17.6. The van der Waals surface area contributed by atoms with Crippen molar-refractivity contribution in [2.75, 3.05) is 20.8 Å². The largest absolute Gasteiger partial charge is 0.464 e. The second-order valence-electron chi connectivity index (χ2n) is 5.22. The fourth-order valence-electron chi connectivity index (χ4n) is 2.34. The van der Waals surface area contributed by atoms with Gasteiger partial charge in [-0.15, -0.1) is 5.10 Å². The molecule has 0 spiro atoms. The summed E-state index contributed by atoms with van der Waals surface area (Å²) in [4.78, 5) is 11.8. The van der Waals surface area contributed by atoms with E-state index >= 15 is 0 Å². The first-order valence-electron chi connectivity index (χ1n) is 7.67. The summed E-state index contributed by atoms with van der Waals surface area (Å²) < 4.78 is 11.7. The molecule has 6 heteroatoms. The maximum atomic E-state index is 11.8. The van der Waals surface area contributed by atoms with Gasteiger partial charge in [0, 0.05) is 20.1 Å². The number of unbranched alkanes of at least 4 members (excludes halogenated alkanes) is 1. The molecular formula is C15H27N3O3. The van der Waals surface area contributed by atoms with Gasteiger partial charge in [-0.05, 0) is 12.3 Å². The van der Waals surface area contributed by atoms with E-state index in [0.29, 0.717) is 24.6 Å². The van der Waals surface area contributed by atoms with Crippen molar-refractivity contribution in [2.24, 2.45) is 5.92 Å². The molecule has 1 unspecified atom stereocenters. The van der Waals surface area contributed by atoms with Gasteiger partial charge in [-0.25, -0.2) is 9.48 Å². The number of esters is 1. The number of methoxy groups -OCH3 is 2. The summed E-state index contributed by atoms with van der Waals surface area (Å²) in [6.45, 7) is 5.71. The van der Waals surface area contributed by atoms with E-state index in [1.54, 1.807) is 7.11 Å². The predicted molar refractivity (Wildman–Crippen MR) is 80.2 cm³/mol. The molecule has 0 radical (unpaired) electrons.